The Labute approximate surface area is 206 Å². The van der Waals surface area contributed by atoms with Gasteiger partial charge in [-0.3, -0.25) is 0 Å². The number of carbonyl (C=O) groups excluding carboxylic acids is 2. The third-order valence-corrected chi connectivity index (χ3v) is 6.07. The molecule has 188 valence electrons. The quantitative estimate of drug-likeness (QED) is 0.492. The molecule has 8 nitrogen and oxygen atoms in total. The second-order valence-electron chi connectivity index (χ2n) is 10.4. The van der Waals surface area contributed by atoms with Crippen LogP contribution in [0.2, 0.25) is 0 Å². The standard InChI is InChI=1S/C27H34N2O6/c1-26(2,3)35-24(32)28-15-14-27(4,5)22(23(30)31)29-25(33)34-16-21-19-12-8-6-10-17(19)18-11-7-9-13-20(18)21/h6-13,21-22H,14-16H2,1-5H3,(H,28,32)(H,29,33)(H,30,31). The molecule has 2 aromatic carbocycles. The summed E-state index contributed by atoms with van der Waals surface area (Å²) in [6, 6.07) is 14.8. The van der Waals surface area contributed by atoms with E-state index < -0.39 is 35.2 Å². The average molecular weight is 483 g/mol. The van der Waals surface area contributed by atoms with E-state index in [9.17, 15) is 19.5 Å². The van der Waals surface area contributed by atoms with Crippen molar-refractivity contribution in [1.29, 1.82) is 0 Å². The van der Waals surface area contributed by atoms with Gasteiger partial charge in [0, 0.05) is 12.5 Å². The third kappa shape index (κ3) is 6.53. The number of carbonyl (C=O) groups is 3. The van der Waals surface area contributed by atoms with Gasteiger partial charge in [-0.15, -0.1) is 0 Å². The number of amides is 2. The predicted octanol–water partition coefficient (Wildman–Crippen LogP) is 4.92. The summed E-state index contributed by atoms with van der Waals surface area (Å²) in [6.07, 6.45) is -1.08. The Kier molecular flexibility index (Phi) is 7.73. The van der Waals surface area contributed by atoms with Crippen LogP contribution in [0.1, 0.15) is 58.1 Å². The number of carboxylic acids is 1. The molecule has 0 bridgehead atoms. The van der Waals surface area contributed by atoms with E-state index in [1.807, 2.05) is 48.5 Å². The van der Waals surface area contributed by atoms with Gasteiger partial charge in [-0.25, -0.2) is 14.4 Å². The summed E-state index contributed by atoms with van der Waals surface area (Å²) in [5.74, 6) is -1.30. The van der Waals surface area contributed by atoms with Gasteiger partial charge in [0.05, 0.1) is 0 Å². The molecule has 8 heteroatoms. The van der Waals surface area contributed by atoms with Crippen LogP contribution in [-0.2, 0) is 14.3 Å². The van der Waals surface area contributed by atoms with Crippen molar-refractivity contribution >= 4 is 18.2 Å². The van der Waals surface area contributed by atoms with Crippen molar-refractivity contribution in [1.82, 2.24) is 10.6 Å². The first-order valence-electron chi connectivity index (χ1n) is 11.7. The molecule has 1 unspecified atom stereocenters. The molecule has 2 amide bonds. The second-order valence-corrected chi connectivity index (χ2v) is 10.4. The van der Waals surface area contributed by atoms with Gasteiger partial charge in [-0.05, 0) is 54.9 Å². The van der Waals surface area contributed by atoms with E-state index in [1.165, 1.54) is 0 Å². The average Bonchev–Trinajstić information content (AvgIpc) is 3.08. The topological polar surface area (TPSA) is 114 Å². The zero-order valence-corrected chi connectivity index (χ0v) is 20.9. The number of ether oxygens (including phenoxy) is 2. The van der Waals surface area contributed by atoms with Crippen molar-refractivity contribution in [3.05, 3.63) is 59.7 Å². The number of nitrogens with one attached hydrogen (secondary N) is 2. The van der Waals surface area contributed by atoms with Crippen LogP contribution in [-0.4, -0.2) is 48.1 Å². The SMILES string of the molecule is CC(C)(C)OC(=O)NCCC(C)(C)C(NC(=O)OCC1c2ccccc2-c2ccccc21)C(=O)O. The van der Waals surface area contributed by atoms with Crippen molar-refractivity contribution in [3.8, 4) is 11.1 Å². The maximum atomic E-state index is 12.6. The normalized spacial score (nSPS) is 13.9. The van der Waals surface area contributed by atoms with E-state index in [0.717, 1.165) is 22.3 Å². The van der Waals surface area contributed by atoms with E-state index in [-0.39, 0.29) is 19.1 Å². The van der Waals surface area contributed by atoms with Crippen molar-refractivity contribution in [2.75, 3.05) is 13.2 Å². The van der Waals surface area contributed by atoms with Gasteiger partial charge in [0.2, 0.25) is 0 Å². The lowest BCUT2D eigenvalue weighted by Gasteiger charge is -2.32. The van der Waals surface area contributed by atoms with Crippen LogP contribution >= 0.6 is 0 Å². The third-order valence-electron chi connectivity index (χ3n) is 6.07. The molecule has 3 N–H and O–H groups in total. The first-order chi connectivity index (χ1) is 16.4. The van der Waals surface area contributed by atoms with Gasteiger partial charge in [0.25, 0.3) is 0 Å². The maximum Gasteiger partial charge on any atom is 0.407 e. The van der Waals surface area contributed by atoms with Gasteiger partial charge < -0.3 is 25.2 Å². The molecular formula is C27H34N2O6. The summed E-state index contributed by atoms with van der Waals surface area (Å²) in [7, 11) is 0. The van der Waals surface area contributed by atoms with Crippen LogP contribution in [0.5, 0.6) is 0 Å². The Morgan fingerprint density at radius 2 is 1.46 bits per heavy atom. The molecule has 0 saturated carbocycles. The molecule has 0 spiro atoms. The molecule has 1 aliphatic carbocycles. The molecule has 2 aromatic rings. The van der Waals surface area contributed by atoms with E-state index >= 15 is 0 Å². The largest absolute Gasteiger partial charge is 0.480 e. The highest BCUT2D eigenvalue weighted by Gasteiger charge is 2.37. The van der Waals surface area contributed by atoms with Crippen molar-refractivity contribution in [2.24, 2.45) is 5.41 Å². The van der Waals surface area contributed by atoms with Crippen LogP contribution in [0.25, 0.3) is 11.1 Å². The molecule has 35 heavy (non-hydrogen) atoms. The van der Waals surface area contributed by atoms with Gasteiger partial charge in [0.1, 0.15) is 18.2 Å². The molecule has 0 aromatic heterocycles. The summed E-state index contributed by atoms with van der Waals surface area (Å²) >= 11 is 0. The number of hydrogen-bond donors (Lipinski definition) is 3. The molecule has 1 aliphatic rings. The highest BCUT2D eigenvalue weighted by Crippen LogP contribution is 2.44. The van der Waals surface area contributed by atoms with E-state index in [2.05, 4.69) is 10.6 Å². The maximum absolute atomic E-state index is 12.6. The van der Waals surface area contributed by atoms with E-state index in [0.29, 0.717) is 6.42 Å². The molecule has 0 fully saturated rings. The minimum absolute atomic E-state index is 0.0901. The summed E-state index contributed by atoms with van der Waals surface area (Å²) in [4.78, 5) is 36.5. The number of rotatable bonds is 8. The molecule has 0 saturated heterocycles. The van der Waals surface area contributed by atoms with Gasteiger partial charge in [0.15, 0.2) is 0 Å². The first kappa shape index (κ1) is 26.1. The number of fused-ring (bicyclic) bond motifs is 3. The van der Waals surface area contributed by atoms with Crippen LogP contribution in [0, 0.1) is 5.41 Å². The molecule has 1 atom stereocenters. The molecule has 3 rings (SSSR count). The Morgan fingerprint density at radius 1 is 0.914 bits per heavy atom. The summed E-state index contributed by atoms with van der Waals surface area (Å²) < 4.78 is 10.7. The smallest absolute Gasteiger partial charge is 0.407 e. The Balaban J connectivity index is 1.59. The molecule has 0 radical (unpaired) electrons. The van der Waals surface area contributed by atoms with Crippen molar-refractivity contribution < 1.29 is 29.0 Å². The Morgan fingerprint density at radius 3 is 1.97 bits per heavy atom. The highest BCUT2D eigenvalue weighted by atomic mass is 16.6. The van der Waals surface area contributed by atoms with Crippen LogP contribution in [0.15, 0.2) is 48.5 Å². The van der Waals surface area contributed by atoms with Crippen LogP contribution in [0.4, 0.5) is 9.59 Å². The fraction of sp³-hybridized carbons (Fsp3) is 0.444. The monoisotopic (exact) mass is 482 g/mol. The lowest BCUT2D eigenvalue weighted by molar-refractivity contribution is -0.142. The summed E-state index contributed by atoms with van der Waals surface area (Å²) in [6.45, 7) is 8.99. The molecular weight excluding hydrogens is 448 g/mol. The fourth-order valence-electron chi connectivity index (χ4n) is 4.29. The van der Waals surface area contributed by atoms with E-state index in [4.69, 9.17) is 9.47 Å². The van der Waals surface area contributed by atoms with Gasteiger partial charge in [-0.1, -0.05) is 62.4 Å². The van der Waals surface area contributed by atoms with Gasteiger partial charge >= 0.3 is 18.2 Å². The highest BCUT2D eigenvalue weighted by molar-refractivity contribution is 5.81. The number of aliphatic carboxylic acids is 1. The Bertz CT molecular complexity index is 1040. The number of hydrogen-bond acceptors (Lipinski definition) is 5. The van der Waals surface area contributed by atoms with Crippen LogP contribution < -0.4 is 10.6 Å². The van der Waals surface area contributed by atoms with Crippen molar-refractivity contribution in [2.45, 2.75) is 58.6 Å². The second kappa shape index (κ2) is 10.4. The van der Waals surface area contributed by atoms with Crippen LogP contribution in [0.3, 0.4) is 0 Å². The zero-order valence-electron chi connectivity index (χ0n) is 20.9. The number of benzene rings is 2. The first-order valence-corrected chi connectivity index (χ1v) is 11.7. The Hall–Kier alpha value is -3.55. The minimum Gasteiger partial charge on any atom is -0.480 e. The van der Waals surface area contributed by atoms with Gasteiger partial charge in [-0.2, -0.15) is 0 Å². The predicted molar refractivity (Wildman–Crippen MR) is 132 cm³/mol. The number of alkyl carbamates (subject to hydrolysis) is 2. The number of carboxylic acid groups (broad SMARTS) is 1. The lowest BCUT2D eigenvalue weighted by atomic mass is 9.81. The molecule has 0 aliphatic heterocycles. The summed E-state index contributed by atoms with van der Waals surface area (Å²) in [5.41, 5.74) is 2.87. The molecule has 0 heterocycles. The zero-order chi connectivity index (χ0) is 25.8. The lowest BCUT2D eigenvalue weighted by Crippen LogP contribution is -2.51. The van der Waals surface area contributed by atoms with E-state index in [1.54, 1.807) is 34.6 Å². The van der Waals surface area contributed by atoms with Crippen molar-refractivity contribution in [3.63, 3.8) is 0 Å². The minimum atomic E-state index is -1.21. The summed E-state index contributed by atoms with van der Waals surface area (Å²) in [5, 5.41) is 14.9. The fourth-order valence-corrected chi connectivity index (χ4v) is 4.29.